The minimum Gasteiger partial charge on any atom is -0.462 e. The van der Waals surface area contributed by atoms with Crippen molar-refractivity contribution in [3.63, 3.8) is 0 Å². The van der Waals surface area contributed by atoms with E-state index in [0.29, 0.717) is 5.02 Å². The normalized spacial score (nSPS) is 11.1. The summed E-state index contributed by atoms with van der Waals surface area (Å²) in [5.74, 6) is 0. The van der Waals surface area contributed by atoms with E-state index < -0.39 is 0 Å². The second-order valence-electron chi connectivity index (χ2n) is 9.57. The van der Waals surface area contributed by atoms with Gasteiger partial charge in [0, 0.05) is 17.1 Å². The molecule has 0 saturated heterocycles. The van der Waals surface area contributed by atoms with Gasteiger partial charge in [0.2, 0.25) is 0 Å². The monoisotopic (exact) mass is 536 g/mol. The number of hydrogen-bond acceptors (Lipinski definition) is 3. The molecule has 0 aliphatic rings. The number of benzene rings is 6. The number of nitrogens with zero attached hydrogens (tertiary/aromatic N) is 2. The molecule has 0 spiro atoms. The number of rotatable bonds is 6. The number of anilines is 6. The Bertz CT molecular complexity index is 1880. The molecule has 1 aromatic heterocycles. The Balaban J connectivity index is 1.48. The summed E-state index contributed by atoms with van der Waals surface area (Å²) >= 11 is 7.42. The first-order chi connectivity index (χ1) is 19.8. The number of para-hydroxylation sites is 3. The fraction of sp³-hybridized carbons (Fsp3) is 0. The smallest absolute Gasteiger partial charge is 0.136 e. The van der Waals surface area contributed by atoms with Crippen molar-refractivity contribution >= 4 is 67.5 Å². The average Bonchev–Trinajstić information content (AvgIpc) is 3.45. The van der Waals surface area contributed by atoms with Crippen molar-refractivity contribution in [2.45, 2.75) is 0 Å². The van der Waals surface area contributed by atoms with E-state index in [0.717, 1.165) is 55.9 Å². The van der Waals surface area contributed by atoms with E-state index in [-0.39, 0.29) is 0 Å². The van der Waals surface area contributed by atoms with Gasteiger partial charge in [-0.15, -0.1) is 0 Å². The van der Waals surface area contributed by atoms with E-state index in [1.54, 1.807) is 0 Å². The molecule has 0 atom stereocenters. The quantitative estimate of drug-likeness (QED) is 0.211. The van der Waals surface area contributed by atoms with Crippen LogP contribution in [0.5, 0.6) is 0 Å². The predicted molar refractivity (Wildman–Crippen MR) is 168 cm³/mol. The Kier molecular flexibility index (Phi) is 6.19. The molecule has 4 heteroatoms. The van der Waals surface area contributed by atoms with E-state index in [9.17, 15) is 0 Å². The van der Waals surface area contributed by atoms with Gasteiger partial charge in [-0.2, -0.15) is 0 Å². The maximum Gasteiger partial charge on any atom is 0.136 e. The van der Waals surface area contributed by atoms with Crippen LogP contribution in [0.3, 0.4) is 0 Å². The third-order valence-corrected chi connectivity index (χ3v) is 7.56. The zero-order chi connectivity index (χ0) is 26.9. The minimum atomic E-state index is 0.633. The van der Waals surface area contributed by atoms with Crippen LogP contribution < -0.4 is 9.80 Å². The lowest BCUT2D eigenvalue weighted by Gasteiger charge is -2.30. The Hall–Kier alpha value is -4.99. The summed E-state index contributed by atoms with van der Waals surface area (Å²) in [4.78, 5) is 4.39. The molecule has 0 amide bonds. The fourth-order valence-electron chi connectivity index (χ4n) is 5.38. The molecule has 40 heavy (non-hydrogen) atoms. The first-order valence-electron chi connectivity index (χ1n) is 13.2. The topological polar surface area (TPSA) is 19.6 Å². The van der Waals surface area contributed by atoms with Gasteiger partial charge < -0.3 is 14.2 Å². The molecular formula is C36H25ClN2O. The summed E-state index contributed by atoms with van der Waals surface area (Å²) in [7, 11) is 0. The Morgan fingerprint density at radius 3 is 1.60 bits per heavy atom. The van der Waals surface area contributed by atoms with E-state index >= 15 is 0 Å². The van der Waals surface area contributed by atoms with Crippen LogP contribution in [0.1, 0.15) is 0 Å². The summed E-state index contributed by atoms with van der Waals surface area (Å²) in [6.45, 7) is 0. The molecule has 1 heterocycles. The summed E-state index contributed by atoms with van der Waals surface area (Å²) in [5.41, 5.74) is 6.55. The van der Waals surface area contributed by atoms with Crippen LogP contribution in [0, 0.1) is 0 Å². The molecule has 0 N–H and O–H groups in total. The standard InChI is InChI=1S/C36H25ClN2O/c37-36-31(38(27-14-4-1-5-15-27)28-16-6-2-7-17-28)21-12-22-32(36)39(29-18-8-3-9-19-29)33-25-40-34-24-23-26-13-10-11-20-30(26)35(33)34/h1-25H. The lowest BCUT2D eigenvalue weighted by molar-refractivity contribution is 0.616. The van der Waals surface area contributed by atoms with Gasteiger partial charge in [-0.05, 0) is 65.4 Å². The summed E-state index contributed by atoms with van der Waals surface area (Å²) in [5, 5.41) is 3.97. The first-order valence-corrected chi connectivity index (χ1v) is 13.6. The van der Waals surface area contributed by atoms with Crippen molar-refractivity contribution in [2.75, 3.05) is 9.80 Å². The van der Waals surface area contributed by atoms with Gasteiger partial charge in [0.25, 0.3) is 0 Å². The Morgan fingerprint density at radius 2 is 0.975 bits per heavy atom. The molecule has 0 bridgehead atoms. The zero-order valence-corrected chi connectivity index (χ0v) is 22.4. The molecule has 0 saturated carbocycles. The molecule has 0 fully saturated rings. The molecule has 0 aliphatic carbocycles. The van der Waals surface area contributed by atoms with Crippen LogP contribution in [0.4, 0.5) is 34.1 Å². The largest absolute Gasteiger partial charge is 0.462 e. The van der Waals surface area contributed by atoms with Gasteiger partial charge in [-0.1, -0.05) is 103 Å². The molecule has 0 radical (unpaired) electrons. The minimum absolute atomic E-state index is 0.633. The molecule has 3 nitrogen and oxygen atoms in total. The molecule has 0 aliphatic heterocycles. The number of halogens is 1. The third-order valence-electron chi connectivity index (χ3n) is 7.17. The van der Waals surface area contributed by atoms with E-state index in [2.05, 4.69) is 94.7 Å². The van der Waals surface area contributed by atoms with Gasteiger partial charge in [0.05, 0.1) is 27.5 Å². The van der Waals surface area contributed by atoms with Crippen LogP contribution in [-0.4, -0.2) is 0 Å². The molecule has 192 valence electrons. The lowest BCUT2D eigenvalue weighted by Crippen LogP contribution is -2.14. The predicted octanol–water partition coefficient (Wildman–Crippen LogP) is 11.2. The molecule has 7 aromatic rings. The SMILES string of the molecule is Clc1c(N(c2ccccc2)c2ccccc2)cccc1N(c1ccccc1)c1coc2ccc3ccccc3c12. The van der Waals surface area contributed by atoms with Crippen LogP contribution >= 0.6 is 11.6 Å². The highest BCUT2D eigenvalue weighted by molar-refractivity contribution is 6.37. The Labute approximate surface area is 238 Å². The Morgan fingerprint density at radius 1 is 0.450 bits per heavy atom. The van der Waals surface area contributed by atoms with Gasteiger partial charge in [-0.25, -0.2) is 0 Å². The summed E-state index contributed by atoms with van der Waals surface area (Å²) < 4.78 is 6.14. The number of fused-ring (bicyclic) bond motifs is 3. The van der Waals surface area contributed by atoms with Crippen molar-refractivity contribution in [3.05, 3.63) is 157 Å². The summed E-state index contributed by atoms with van der Waals surface area (Å²) in [6, 6.07) is 49.6. The number of furan rings is 1. The maximum atomic E-state index is 7.42. The molecular weight excluding hydrogens is 512 g/mol. The van der Waals surface area contributed by atoms with Crippen molar-refractivity contribution in [1.82, 2.24) is 0 Å². The highest BCUT2D eigenvalue weighted by atomic mass is 35.5. The van der Waals surface area contributed by atoms with Crippen molar-refractivity contribution in [3.8, 4) is 0 Å². The van der Waals surface area contributed by atoms with Gasteiger partial charge in [0.15, 0.2) is 0 Å². The summed E-state index contributed by atoms with van der Waals surface area (Å²) in [6.07, 6.45) is 1.83. The second-order valence-corrected chi connectivity index (χ2v) is 9.95. The zero-order valence-electron chi connectivity index (χ0n) is 21.6. The van der Waals surface area contributed by atoms with Crippen LogP contribution in [0.15, 0.2) is 156 Å². The van der Waals surface area contributed by atoms with Crippen molar-refractivity contribution in [1.29, 1.82) is 0 Å². The first kappa shape index (κ1) is 24.1. The van der Waals surface area contributed by atoms with Crippen LogP contribution in [0.2, 0.25) is 5.02 Å². The van der Waals surface area contributed by atoms with Crippen LogP contribution in [0.25, 0.3) is 21.7 Å². The highest BCUT2D eigenvalue weighted by Gasteiger charge is 2.24. The molecule has 7 rings (SSSR count). The van der Waals surface area contributed by atoms with Gasteiger partial charge in [-0.3, -0.25) is 0 Å². The molecule has 0 unspecified atom stereocenters. The molecule has 6 aromatic carbocycles. The second kappa shape index (κ2) is 10.3. The fourth-order valence-corrected chi connectivity index (χ4v) is 5.67. The van der Waals surface area contributed by atoms with Gasteiger partial charge >= 0.3 is 0 Å². The van der Waals surface area contributed by atoms with Crippen molar-refractivity contribution in [2.24, 2.45) is 0 Å². The average molecular weight is 537 g/mol. The highest BCUT2D eigenvalue weighted by Crippen LogP contribution is 2.48. The van der Waals surface area contributed by atoms with Crippen molar-refractivity contribution < 1.29 is 4.42 Å². The van der Waals surface area contributed by atoms with Gasteiger partial charge in [0.1, 0.15) is 11.8 Å². The van der Waals surface area contributed by atoms with E-state index in [4.69, 9.17) is 16.0 Å². The third kappa shape index (κ3) is 4.17. The van der Waals surface area contributed by atoms with Crippen LogP contribution in [-0.2, 0) is 0 Å². The van der Waals surface area contributed by atoms with E-state index in [1.807, 2.05) is 66.9 Å². The maximum absolute atomic E-state index is 7.42. The lowest BCUT2D eigenvalue weighted by atomic mass is 10.0. The van der Waals surface area contributed by atoms with E-state index in [1.165, 1.54) is 0 Å². The number of hydrogen-bond donors (Lipinski definition) is 0.